The Labute approximate surface area is 90.7 Å². The van der Waals surface area contributed by atoms with Gasteiger partial charge in [0, 0.05) is 6.04 Å². The molecule has 0 aliphatic heterocycles. The molecule has 14 heavy (non-hydrogen) atoms. The molecular weight excluding hydrogens is 196 g/mol. The fraction of sp³-hybridized carbons (Fsp3) is 0.545. The number of rotatable bonds is 4. The summed E-state index contributed by atoms with van der Waals surface area (Å²) in [5, 5.41) is 3.97. The van der Waals surface area contributed by atoms with E-state index in [1.54, 1.807) is 6.20 Å². The van der Waals surface area contributed by atoms with Crippen molar-refractivity contribution in [1.29, 1.82) is 0 Å². The Morgan fingerprint density at radius 3 is 2.86 bits per heavy atom. The summed E-state index contributed by atoms with van der Waals surface area (Å²) in [5.41, 5.74) is 2.06. The predicted molar refractivity (Wildman–Crippen MR) is 62.0 cm³/mol. The van der Waals surface area contributed by atoms with Gasteiger partial charge in [0.05, 0.1) is 11.9 Å². The van der Waals surface area contributed by atoms with Crippen molar-refractivity contribution in [2.24, 2.45) is 0 Å². The maximum Gasteiger partial charge on any atom is 0.132 e. The van der Waals surface area contributed by atoms with Crippen LogP contribution in [0.5, 0.6) is 0 Å². The minimum Gasteiger partial charge on any atom is -0.381 e. The van der Waals surface area contributed by atoms with Crippen LogP contribution in [-0.2, 0) is 0 Å². The number of hydrogen-bond donors (Lipinski definition) is 1. The van der Waals surface area contributed by atoms with E-state index in [1.807, 2.05) is 13.0 Å². The van der Waals surface area contributed by atoms with Gasteiger partial charge in [0.25, 0.3) is 0 Å². The van der Waals surface area contributed by atoms with E-state index < -0.39 is 0 Å². The molecule has 0 saturated carbocycles. The maximum absolute atomic E-state index is 5.84. The average Bonchev–Trinajstić information content (AvgIpc) is 2.12. The van der Waals surface area contributed by atoms with Crippen molar-refractivity contribution in [3.8, 4) is 0 Å². The number of hydrogen-bond acceptors (Lipinski definition) is 2. The van der Waals surface area contributed by atoms with Crippen molar-refractivity contribution < 1.29 is 0 Å². The highest BCUT2D eigenvalue weighted by Crippen LogP contribution is 2.17. The first-order chi connectivity index (χ1) is 6.63. The zero-order chi connectivity index (χ0) is 10.6. The topological polar surface area (TPSA) is 24.9 Å². The van der Waals surface area contributed by atoms with Crippen LogP contribution in [0.15, 0.2) is 12.3 Å². The van der Waals surface area contributed by atoms with Gasteiger partial charge < -0.3 is 5.32 Å². The van der Waals surface area contributed by atoms with Crippen molar-refractivity contribution >= 4 is 17.3 Å². The van der Waals surface area contributed by atoms with Gasteiger partial charge in [-0.1, -0.05) is 24.9 Å². The predicted octanol–water partition coefficient (Wildman–Crippen LogP) is 3.64. The Bertz CT molecular complexity index is 299. The molecular formula is C11H17ClN2. The van der Waals surface area contributed by atoms with E-state index in [9.17, 15) is 0 Å². The zero-order valence-corrected chi connectivity index (χ0v) is 9.73. The first kappa shape index (κ1) is 11.3. The molecule has 0 aliphatic rings. The smallest absolute Gasteiger partial charge is 0.132 e. The van der Waals surface area contributed by atoms with E-state index in [0.717, 1.165) is 11.3 Å². The third-order valence-electron chi connectivity index (χ3n) is 2.15. The molecule has 1 atom stereocenters. The van der Waals surface area contributed by atoms with Crippen molar-refractivity contribution in [2.45, 2.75) is 39.7 Å². The summed E-state index contributed by atoms with van der Waals surface area (Å²) in [7, 11) is 0. The van der Waals surface area contributed by atoms with Gasteiger partial charge >= 0.3 is 0 Å². The second-order valence-corrected chi connectivity index (χ2v) is 4.02. The Hall–Kier alpha value is -0.760. The van der Waals surface area contributed by atoms with Crippen LogP contribution in [0, 0.1) is 6.92 Å². The molecule has 0 radical (unpaired) electrons. The van der Waals surface area contributed by atoms with Gasteiger partial charge in [0.2, 0.25) is 0 Å². The van der Waals surface area contributed by atoms with Gasteiger partial charge in [-0.25, -0.2) is 4.98 Å². The molecule has 1 aromatic heterocycles. The summed E-state index contributed by atoms with van der Waals surface area (Å²) in [6.45, 7) is 6.32. The molecule has 2 nitrogen and oxygen atoms in total. The standard InChI is InChI=1S/C11H17ClN2/c1-4-5-9(3)14-10-6-8(2)11(12)13-7-10/h6-7,9,14H,4-5H2,1-3H3. The lowest BCUT2D eigenvalue weighted by atomic mass is 10.2. The minimum atomic E-state index is 0.488. The molecule has 0 fully saturated rings. The molecule has 0 aliphatic carbocycles. The molecule has 1 rings (SSSR count). The third kappa shape index (κ3) is 3.18. The van der Waals surface area contributed by atoms with Crippen LogP contribution in [0.25, 0.3) is 0 Å². The molecule has 78 valence electrons. The molecule has 0 amide bonds. The summed E-state index contributed by atoms with van der Waals surface area (Å²) in [6.07, 6.45) is 4.14. The highest BCUT2D eigenvalue weighted by Gasteiger charge is 2.02. The van der Waals surface area contributed by atoms with E-state index in [4.69, 9.17) is 11.6 Å². The van der Waals surface area contributed by atoms with Crippen molar-refractivity contribution in [2.75, 3.05) is 5.32 Å². The third-order valence-corrected chi connectivity index (χ3v) is 2.54. The number of aryl methyl sites for hydroxylation is 1. The molecule has 0 bridgehead atoms. The zero-order valence-electron chi connectivity index (χ0n) is 8.97. The molecule has 0 saturated heterocycles. The summed E-state index contributed by atoms with van der Waals surface area (Å²) in [5.74, 6) is 0. The average molecular weight is 213 g/mol. The van der Waals surface area contributed by atoms with Crippen LogP contribution in [0.2, 0.25) is 5.15 Å². The lowest BCUT2D eigenvalue weighted by molar-refractivity contribution is 0.690. The summed E-state index contributed by atoms with van der Waals surface area (Å²) < 4.78 is 0. The van der Waals surface area contributed by atoms with Crippen molar-refractivity contribution in [1.82, 2.24) is 4.98 Å². The van der Waals surface area contributed by atoms with Gasteiger partial charge in [0.15, 0.2) is 0 Å². The summed E-state index contributed by atoms with van der Waals surface area (Å²) in [6, 6.07) is 2.52. The van der Waals surface area contributed by atoms with Gasteiger partial charge in [-0.15, -0.1) is 0 Å². The van der Waals surface area contributed by atoms with Crippen molar-refractivity contribution in [3.63, 3.8) is 0 Å². The van der Waals surface area contributed by atoms with Crippen molar-refractivity contribution in [3.05, 3.63) is 23.0 Å². The van der Waals surface area contributed by atoms with Crippen LogP contribution in [0.4, 0.5) is 5.69 Å². The second-order valence-electron chi connectivity index (χ2n) is 3.67. The first-order valence-electron chi connectivity index (χ1n) is 5.02. The Balaban J connectivity index is 2.63. The molecule has 1 N–H and O–H groups in total. The largest absolute Gasteiger partial charge is 0.381 e. The maximum atomic E-state index is 5.84. The number of nitrogens with one attached hydrogen (secondary N) is 1. The number of anilines is 1. The first-order valence-corrected chi connectivity index (χ1v) is 5.40. The van der Waals surface area contributed by atoms with Crippen LogP contribution in [0.1, 0.15) is 32.3 Å². The Morgan fingerprint density at radius 1 is 1.57 bits per heavy atom. The van der Waals surface area contributed by atoms with E-state index in [0.29, 0.717) is 11.2 Å². The highest BCUT2D eigenvalue weighted by atomic mass is 35.5. The Morgan fingerprint density at radius 2 is 2.29 bits per heavy atom. The van der Waals surface area contributed by atoms with Gasteiger partial charge in [-0.05, 0) is 31.9 Å². The molecule has 0 aromatic carbocycles. The normalized spacial score (nSPS) is 12.6. The van der Waals surface area contributed by atoms with Crippen LogP contribution in [-0.4, -0.2) is 11.0 Å². The fourth-order valence-corrected chi connectivity index (χ4v) is 1.53. The number of halogens is 1. The molecule has 1 heterocycles. The SMILES string of the molecule is CCCC(C)Nc1cnc(Cl)c(C)c1. The number of nitrogens with zero attached hydrogens (tertiary/aromatic N) is 1. The molecule has 1 unspecified atom stereocenters. The minimum absolute atomic E-state index is 0.488. The lowest BCUT2D eigenvalue weighted by Crippen LogP contribution is -2.14. The van der Waals surface area contributed by atoms with E-state index >= 15 is 0 Å². The molecule has 0 spiro atoms. The second kappa shape index (κ2) is 5.20. The fourth-order valence-electron chi connectivity index (χ4n) is 1.43. The number of pyridine rings is 1. The van der Waals surface area contributed by atoms with Crippen LogP contribution in [0.3, 0.4) is 0 Å². The van der Waals surface area contributed by atoms with Gasteiger partial charge in [-0.3, -0.25) is 0 Å². The highest BCUT2D eigenvalue weighted by molar-refractivity contribution is 6.30. The van der Waals surface area contributed by atoms with E-state index in [-0.39, 0.29) is 0 Å². The summed E-state index contributed by atoms with van der Waals surface area (Å²) in [4.78, 5) is 4.09. The van der Waals surface area contributed by atoms with E-state index in [2.05, 4.69) is 24.1 Å². The van der Waals surface area contributed by atoms with E-state index in [1.165, 1.54) is 12.8 Å². The monoisotopic (exact) mass is 212 g/mol. The quantitative estimate of drug-likeness (QED) is 0.771. The summed E-state index contributed by atoms with van der Waals surface area (Å²) >= 11 is 5.84. The molecule has 3 heteroatoms. The van der Waals surface area contributed by atoms with Crippen LogP contribution < -0.4 is 5.32 Å². The van der Waals surface area contributed by atoms with Gasteiger partial charge in [0.1, 0.15) is 5.15 Å². The number of aromatic nitrogens is 1. The van der Waals surface area contributed by atoms with Gasteiger partial charge in [-0.2, -0.15) is 0 Å². The molecule has 1 aromatic rings. The Kier molecular flexibility index (Phi) is 4.21. The lowest BCUT2D eigenvalue weighted by Gasteiger charge is -2.14. The van der Waals surface area contributed by atoms with Crippen LogP contribution >= 0.6 is 11.6 Å².